The molecule has 0 saturated carbocycles. The van der Waals surface area contributed by atoms with E-state index in [1.54, 1.807) is 4.90 Å². The van der Waals surface area contributed by atoms with Crippen LogP contribution < -0.4 is 4.74 Å². The van der Waals surface area contributed by atoms with Gasteiger partial charge in [-0.05, 0) is 49.2 Å². The van der Waals surface area contributed by atoms with Crippen molar-refractivity contribution in [1.82, 2.24) is 9.80 Å². The van der Waals surface area contributed by atoms with E-state index in [4.69, 9.17) is 4.74 Å². The van der Waals surface area contributed by atoms with Gasteiger partial charge in [-0.1, -0.05) is 43.3 Å². The molecule has 4 heteroatoms. The Kier molecular flexibility index (Phi) is 7.67. The van der Waals surface area contributed by atoms with Gasteiger partial charge >= 0.3 is 0 Å². The Morgan fingerprint density at radius 2 is 1.38 bits per heavy atom. The van der Waals surface area contributed by atoms with Crippen molar-refractivity contribution < 1.29 is 9.53 Å². The Labute approximate surface area is 157 Å². The minimum absolute atomic E-state index is 0.123. The maximum Gasteiger partial charge on any atom is 0.236 e. The molecule has 26 heavy (non-hydrogen) atoms. The molecule has 0 aliphatic rings. The topological polar surface area (TPSA) is 32.8 Å². The molecule has 0 N–H and O–H groups in total. The molecule has 0 aliphatic heterocycles. The molecule has 140 valence electrons. The highest BCUT2D eigenvalue weighted by Crippen LogP contribution is 2.13. The van der Waals surface area contributed by atoms with Crippen LogP contribution in [-0.2, 0) is 24.3 Å². The summed E-state index contributed by atoms with van der Waals surface area (Å²) in [6.07, 6.45) is 1.03. The van der Waals surface area contributed by atoms with Crippen molar-refractivity contribution in [2.75, 3.05) is 27.2 Å². The first-order chi connectivity index (χ1) is 12.5. The molecule has 2 aromatic rings. The van der Waals surface area contributed by atoms with Crippen molar-refractivity contribution in [2.24, 2.45) is 0 Å². The summed E-state index contributed by atoms with van der Waals surface area (Å²) in [5.74, 6) is 1.00. The van der Waals surface area contributed by atoms with Crippen molar-refractivity contribution in [2.45, 2.75) is 33.4 Å². The minimum atomic E-state index is 0.123. The first kappa shape index (κ1) is 20.0. The first-order valence-electron chi connectivity index (χ1n) is 9.23. The lowest BCUT2D eigenvalue weighted by molar-refractivity contribution is -0.131. The van der Waals surface area contributed by atoms with Gasteiger partial charge in [-0.15, -0.1) is 0 Å². The Bertz CT molecular complexity index is 680. The van der Waals surface area contributed by atoms with Crippen molar-refractivity contribution in [1.29, 1.82) is 0 Å². The largest absolute Gasteiger partial charge is 0.494 e. The number of ether oxygens (including phenoxy) is 1. The van der Waals surface area contributed by atoms with Crippen molar-refractivity contribution in [3.63, 3.8) is 0 Å². The van der Waals surface area contributed by atoms with Crippen molar-refractivity contribution in [3.05, 3.63) is 65.2 Å². The standard InChI is InChI=1S/C22H30N2O2/c1-5-18-7-9-20(10-8-18)16-24(4)22(25)17-23(3)15-19-11-13-21(14-12-19)26-6-2/h7-14H,5-6,15-17H2,1-4H3. The average Bonchev–Trinajstić information content (AvgIpc) is 2.64. The Balaban J connectivity index is 1.82. The van der Waals surface area contributed by atoms with Gasteiger partial charge < -0.3 is 9.64 Å². The predicted octanol–water partition coefficient (Wildman–Crippen LogP) is 3.74. The second kappa shape index (κ2) is 9.97. The molecule has 0 bridgehead atoms. The maximum absolute atomic E-state index is 12.5. The highest BCUT2D eigenvalue weighted by atomic mass is 16.5. The summed E-state index contributed by atoms with van der Waals surface area (Å²) in [5, 5.41) is 0. The molecule has 4 nitrogen and oxygen atoms in total. The average molecular weight is 354 g/mol. The van der Waals surface area contributed by atoms with Crippen LogP contribution in [0, 0.1) is 0 Å². The van der Waals surface area contributed by atoms with E-state index in [1.165, 1.54) is 11.1 Å². The van der Waals surface area contributed by atoms with E-state index in [-0.39, 0.29) is 5.91 Å². The maximum atomic E-state index is 12.5. The fraction of sp³-hybridized carbons (Fsp3) is 0.409. The van der Waals surface area contributed by atoms with E-state index in [0.29, 0.717) is 19.7 Å². The predicted molar refractivity (Wildman–Crippen MR) is 106 cm³/mol. The molecule has 1 amide bonds. The third-order valence-corrected chi connectivity index (χ3v) is 4.37. The van der Waals surface area contributed by atoms with Crippen LogP contribution in [0.4, 0.5) is 0 Å². The third-order valence-electron chi connectivity index (χ3n) is 4.37. The number of aryl methyl sites for hydroxylation is 1. The normalized spacial score (nSPS) is 10.8. The highest BCUT2D eigenvalue weighted by molar-refractivity contribution is 5.77. The zero-order valence-electron chi connectivity index (χ0n) is 16.4. The number of carbonyl (C=O) groups excluding carboxylic acids is 1. The van der Waals surface area contributed by atoms with Crippen LogP contribution in [0.3, 0.4) is 0 Å². The van der Waals surface area contributed by atoms with E-state index in [0.717, 1.165) is 24.3 Å². The Morgan fingerprint density at radius 3 is 1.96 bits per heavy atom. The summed E-state index contributed by atoms with van der Waals surface area (Å²) < 4.78 is 5.46. The Morgan fingerprint density at radius 1 is 0.846 bits per heavy atom. The molecule has 2 aromatic carbocycles. The minimum Gasteiger partial charge on any atom is -0.494 e. The molecular formula is C22H30N2O2. The molecule has 0 radical (unpaired) electrons. The summed E-state index contributed by atoms with van der Waals surface area (Å²) in [5.41, 5.74) is 3.64. The lowest BCUT2D eigenvalue weighted by atomic mass is 10.1. The zero-order chi connectivity index (χ0) is 18.9. The number of hydrogen-bond donors (Lipinski definition) is 0. The molecule has 0 saturated heterocycles. The van der Waals surface area contributed by atoms with Gasteiger partial charge in [0.25, 0.3) is 0 Å². The molecular weight excluding hydrogens is 324 g/mol. The number of hydrogen-bond acceptors (Lipinski definition) is 3. The lowest BCUT2D eigenvalue weighted by Crippen LogP contribution is -2.36. The van der Waals surface area contributed by atoms with E-state index in [2.05, 4.69) is 31.2 Å². The van der Waals surface area contributed by atoms with Crippen LogP contribution in [0.2, 0.25) is 0 Å². The van der Waals surface area contributed by atoms with E-state index < -0.39 is 0 Å². The van der Waals surface area contributed by atoms with E-state index in [9.17, 15) is 4.79 Å². The van der Waals surface area contributed by atoms with Gasteiger partial charge in [-0.3, -0.25) is 9.69 Å². The molecule has 0 atom stereocenters. The number of carbonyl (C=O) groups is 1. The van der Waals surface area contributed by atoms with Gasteiger partial charge in [0.15, 0.2) is 0 Å². The van der Waals surface area contributed by atoms with Gasteiger partial charge in [0.2, 0.25) is 5.91 Å². The number of rotatable bonds is 9. The quantitative estimate of drug-likeness (QED) is 0.688. The molecule has 0 unspecified atom stereocenters. The SMILES string of the molecule is CCOc1ccc(CN(C)CC(=O)N(C)Cc2ccc(CC)cc2)cc1. The number of nitrogens with zero attached hydrogens (tertiary/aromatic N) is 2. The number of amides is 1. The smallest absolute Gasteiger partial charge is 0.236 e. The lowest BCUT2D eigenvalue weighted by Gasteiger charge is -2.22. The summed E-state index contributed by atoms with van der Waals surface area (Å²) in [6.45, 7) is 6.56. The van der Waals surface area contributed by atoms with E-state index >= 15 is 0 Å². The van der Waals surface area contributed by atoms with Gasteiger partial charge in [0.05, 0.1) is 13.2 Å². The molecule has 0 aliphatic carbocycles. The van der Waals surface area contributed by atoms with Gasteiger partial charge in [0.1, 0.15) is 5.75 Å². The molecule has 0 spiro atoms. The Hall–Kier alpha value is -2.33. The number of benzene rings is 2. The molecule has 2 rings (SSSR count). The highest BCUT2D eigenvalue weighted by Gasteiger charge is 2.12. The summed E-state index contributed by atoms with van der Waals surface area (Å²) >= 11 is 0. The van der Waals surface area contributed by atoms with Crippen LogP contribution >= 0.6 is 0 Å². The summed E-state index contributed by atoms with van der Waals surface area (Å²) in [7, 11) is 3.83. The van der Waals surface area contributed by atoms with Crippen molar-refractivity contribution in [3.8, 4) is 5.75 Å². The fourth-order valence-corrected chi connectivity index (χ4v) is 2.82. The second-order valence-corrected chi connectivity index (χ2v) is 6.67. The van der Waals surface area contributed by atoms with Crippen LogP contribution in [0.1, 0.15) is 30.5 Å². The van der Waals surface area contributed by atoms with Crippen LogP contribution in [0.25, 0.3) is 0 Å². The van der Waals surface area contributed by atoms with Crippen LogP contribution in [-0.4, -0.2) is 43.0 Å². The van der Waals surface area contributed by atoms with Gasteiger partial charge in [-0.2, -0.15) is 0 Å². The second-order valence-electron chi connectivity index (χ2n) is 6.67. The van der Waals surface area contributed by atoms with Crippen LogP contribution in [0.15, 0.2) is 48.5 Å². The zero-order valence-corrected chi connectivity index (χ0v) is 16.4. The fourth-order valence-electron chi connectivity index (χ4n) is 2.82. The van der Waals surface area contributed by atoms with Gasteiger partial charge in [0, 0.05) is 20.1 Å². The molecule has 0 aromatic heterocycles. The summed E-state index contributed by atoms with van der Waals surface area (Å²) in [4.78, 5) is 16.3. The third kappa shape index (κ3) is 6.19. The first-order valence-corrected chi connectivity index (χ1v) is 9.23. The van der Waals surface area contributed by atoms with Gasteiger partial charge in [-0.25, -0.2) is 0 Å². The summed E-state index contributed by atoms with van der Waals surface area (Å²) in [6, 6.07) is 16.5. The monoisotopic (exact) mass is 354 g/mol. The van der Waals surface area contributed by atoms with Crippen LogP contribution in [0.5, 0.6) is 5.75 Å². The van der Waals surface area contributed by atoms with Crippen molar-refractivity contribution >= 4 is 5.91 Å². The molecule has 0 heterocycles. The molecule has 0 fully saturated rings. The number of likely N-dealkylation sites (N-methyl/N-ethyl adjacent to an activating group) is 2. The van der Waals surface area contributed by atoms with E-state index in [1.807, 2.05) is 50.2 Å².